The highest BCUT2D eigenvalue weighted by molar-refractivity contribution is 9.10. The number of aromatic nitrogens is 2. The lowest BCUT2D eigenvalue weighted by Gasteiger charge is -2.29. The third kappa shape index (κ3) is 4.07. The smallest absolute Gasteiger partial charge is 0.277 e. The van der Waals surface area contributed by atoms with E-state index in [1.807, 2.05) is 47.4 Å². The molecule has 0 aliphatic carbocycles. The van der Waals surface area contributed by atoms with Gasteiger partial charge in [0, 0.05) is 22.3 Å². The lowest BCUT2D eigenvalue weighted by molar-refractivity contribution is -0.116. The second-order valence-corrected chi connectivity index (χ2v) is 8.15. The Hall–Kier alpha value is -2.32. The van der Waals surface area contributed by atoms with E-state index in [0.717, 1.165) is 39.9 Å². The highest BCUT2D eigenvalue weighted by Gasteiger charge is 2.23. The number of carbonyl (C=O) groups excluding carboxylic acids is 1. The monoisotopic (exact) mass is 459 g/mol. The Morgan fingerprint density at radius 2 is 2.07 bits per heavy atom. The first-order chi connectivity index (χ1) is 13.6. The lowest BCUT2D eigenvalue weighted by Crippen LogP contribution is -2.36. The van der Waals surface area contributed by atoms with Crippen molar-refractivity contribution < 1.29 is 13.9 Å². The summed E-state index contributed by atoms with van der Waals surface area (Å²) in [5.41, 5.74) is 2.94. The molecular weight excluding hydrogens is 442 g/mol. The Bertz CT molecular complexity index is 991. The molecule has 6 nitrogen and oxygen atoms in total. The maximum absolute atomic E-state index is 12.8. The molecule has 0 bridgehead atoms. The van der Waals surface area contributed by atoms with Gasteiger partial charge >= 0.3 is 0 Å². The summed E-state index contributed by atoms with van der Waals surface area (Å²) in [7, 11) is 1.65. The lowest BCUT2D eigenvalue weighted by atomic mass is 10.0. The fourth-order valence-electron chi connectivity index (χ4n) is 3.14. The molecule has 0 fully saturated rings. The summed E-state index contributed by atoms with van der Waals surface area (Å²) >= 11 is 4.66. The topological polar surface area (TPSA) is 68.5 Å². The molecule has 4 rings (SSSR count). The van der Waals surface area contributed by atoms with Gasteiger partial charge in [0.1, 0.15) is 5.75 Å². The molecule has 3 aromatic rings. The second-order valence-electron chi connectivity index (χ2n) is 6.31. The van der Waals surface area contributed by atoms with Crippen LogP contribution in [-0.2, 0) is 11.2 Å². The SMILES string of the molecule is COc1ccc2c(c1)CCCN2C(=O)CSc1nnc(-c2ccc(Br)cc2)o1. The van der Waals surface area contributed by atoms with Crippen LogP contribution in [0.2, 0.25) is 0 Å². The zero-order chi connectivity index (χ0) is 19.5. The van der Waals surface area contributed by atoms with Crippen molar-refractivity contribution in [2.24, 2.45) is 0 Å². The first kappa shape index (κ1) is 19.0. The van der Waals surface area contributed by atoms with Gasteiger partial charge in [0.2, 0.25) is 11.8 Å². The van der Waals surface area contributed by atoms with Gasteiger partial charge in [-0.1, -0.05) is 27.7 Å². The van der Waals surface area contributed by atoms with Crippen LogP contribution in [0.4, 0.5) is 5.69 Å². The minimum Gasteiger partial charge on any atom is -0.497 e. The molecule has 0 radical (unpaired) electrons. The summed E-state index contributed by atoms with van der Waals surface area (Å²) in [4.78, 5) is 14.6. The number of rotatable bonds is 5. The summed E-state index contributed by atoms with van der Waals surface area (Å²) in [6.07, 6.45) is 1.88. The predicted molar refractivity (Wildman–Crippen MR) is 112 cm³/mol. The Kier molecular flexibility index (Phi) is 5.68. The van der Waals surface area contributed by atoms with Crippen LogP contribution in [-0.4, -0.2) is 35.5 Å². The Labute approximate surface area is 175 Å². The van der Waals surface area contributed by atoms with E-state index < -0.39 is 0 Å². The number of ether oxygens (including phenoxy) is 1. The van der Waals surface area contributed by atoms with Gasteiger partial charge in [-0.05, 0) is 60.9 Å². The number of carbonyl (C=O) groups is 1. The van der Waals surface area contributed by atoms with Gasteiger partial charge in [-0.2, -0.15) is 0 Å². The van der Waals surface area contributed by atoms with E-state index in [4.69, 9.17) is 9.15 Å². The number of amides is 1. The van der Waals surface area contributed by atoms with Crippen molar-refractivity contribution >= 4 is 39.3 Å². The summed E-state index contributed by atoms with van der Waals surface area (Å²) in [5.74, 6) is 1.53. The van der Waals surface area contributed by atoms with Gasteiger partial charge in [-0.3, -0.25) is 4.79 Å². The summed E-state index contributed by atoms with van der Waals surface area (Å²) in [6.45, 7) is 0.715. The summed E-state index contributed by atoms with van der Waals surface area (Å²) < 4.78 is 12.0. The number of fused-ring (bicyclic) bond motifs is 1. The normalized spacial score (nSPS) is 13.3. The molecule has 1 aliphatic rings. The molecule has 0 saturated carbocycles. The fraction of sp³-hybridized carbons (Fsp3) is 0.250. The highest BCUT2D eigenvalue weighted by atomic mass is 79.9. The molecule has 8 heteroatoms. The quantitative estimate of drug-likeness (QED) is 0.520. The van der Waals surface area contributed by atoms with Crippen molar-refractivity contribution in [1.29, 1.82) is 0 Å². The number of hydrogen-bond donors (Lipinski definition) is 0. The minimum atomic E-state index is 0.0273. The van der Waals surface area contributed by atoms with Crippen LogP contribution >= 0.6 is 27.7 Å². The van der Waals surface area contributed by atoms with Crippen LogP contribution in [0.1, 0.15) is 12.0 Å². The van der Waals surface area contributed by atoms with E-state index in [0.29, 0.717) is 17.7 Å². The Morgan fingerprint density at radius 1 is 1.25 bits per heavy atom. The zero-order valence-corrected chi connectivity index (χ0v) is 17.6. The highest BCUT2D eigenvalue weighted by Crippen LogP contribution is 2.31. The molecule has 1 amide bonds. The number of hydrogen-bond acceptors (Lipinski definition) is 6. The van der Waals surface area contributed by atoms with Crippen LogP contribution in [0.5, 0.6) is 5.75 Å². The second kappa shape index (κ2) is 8.36. The number of halogens is 1. The maximum atomic E-state index is 12.8. The zero-order valence-electron chi connectivity index (χ0n) is 15.2. The molecule has 1 aliphatic heterocycles. The molecule has 0 saturated heterocycles. The number of benzene rings is 2. The number of methoxy groups -OCH3 is 1. The van der Waals surface area contributed by atoms with Crippen LogP contribution in [0, 0.1) is 0 Å². The predicted octanol–water partition coefficient (Wildman–Crippen LogP) is 4.58. The number of anilines is 1. The van der Waals surface area contributed by atoms with Crippen molar-refractivity contribution in [1.82, 2.24) is 10.2 Å². The van der Waals surface area contributed by atoms with Crippen LogP contribution in [0.25, 0.3) is 11.5 Å². The number of thioether (sulfide) groups is 1. The van der Waals surface area contributed by atoms with Gasteiger partial charge in [-0.15, -0.1) is 10.2 Å². The van der Waals surface area contributed by atoms with Crippen molar-refractivity contribution in [3.63, 3.8) is 0 Å². The van der Waals surface area contributed by atoms with E-state index in [1.54, 1.807) is 7.11 Å². The Balaban J connectivity index is 1.42. The van der Waals surface area contributed by atoms with Crippen molar-refractivity contribution in [3.8, 4) is 17.2 Å². The first-order valence-corrected chi connectivity index (χ1v) is 10.6. The molecular formula is C20H18BrN3O3S. The largest absolute Gasteiger partial charge is 0.497 e. The molecule has 0 N–H and O–H groups in total. The van der Waals surface area contributed by atoms with Crippen molar-refractivity contribution in [3.05, 3.63) is 52.5 Å². The molecule has 0 unspecified atom stereocenters. The van der Waals surface area contributed by atoms with Crippen molar-refractivity contribution in [2.45, 2.75) is 18.1 Å². The van der Waals surface area contributed by atoms with Crippen LogP contribution < -0.4 is 9.64 Å². The molecule has 0 atom stereocenters. The van der Waals surface area contributed by atoms with E-state index >= 15 is 0 Å². The first-order valence-electron chi connectivity index (χ1n) is 8.83. The standard InChI is InChI=1S/C20H18BrN3O3S/c1-26-16-8-9-17-14(11-16)3-2-10-24(17)18(25)12-28-20-23-22-19(27-20)13-4-6-15(21)7-5-13/h4-9,11H,2-3,10,12H2,1H3. The average Bonchev–Trinajstić information content (AvgIpc) is 3.20. The summed E-state index contributed by atoms with van der Waals surface area (Å²) in [5, 5.41) is 8.50. The molecule has 2 aromatic carbocycles. The molecule has 2 heterocycles. The van der Waals surface area contributed by atoms with E-state index in [-0.39, 0.29) is 11.7 Å². The Morgan fingerprint density at radius 3 is 2.86 bits per heavy atom. The summed E-state index contributed by atoms with van der Waals surface area (Å²) in [6, 6.07) is 13.5. The van der Waals surface area contributed by atoms with Gasteiger partial charge in [0.05, 0.1) is 12.9 Å². The molecule has 1 aromatic heterocycles. The van der Waals surface area contributed by atoms with E-state index in [9.17, 15) is 4.79 Å². The molecule has 144 valence electrons. The molecule has 0 spiro atoms. The van der Waals surface area contributed by atoms with Crippen LogP contribution in [0.15, 0.2) is 56.6 Å². The molecule has 28 heavy (non-hydrogen) atoms. The van der Waals surface area contributed by atoms with Gasteiger partial charge < -0.3 is 14.1 Å². The van der Waals surface area contributed by atoms with E-state index in [1.165, 1.54) is 11.8 Å². The van der Waals surface area contributed by atoms with Gasteiger partial charge in [0.15, 0.2) is 0 Å². The number of nitrogens with zero attached hydrogens (tertiary/aromatic N) is 3. The van der Waals surface area contributed by atoms with Gasteiger partial charge in [-0.25, -0.2) is 0 Å². The average molecular weight is 460 g/mol. The third-order valence-electron chi connectivity index (χ3n) is 4.52. The number of aryl methyl sites for hydroxylation is 1. The minimum absolute atomic E-state index is 0.0273. The van der Waals surface area contributed by atoms with E-state index in [2.05, 4.69) is 26.1 Å². The van der Waals surface area contributed by atoms with Crippen molar-refractivity contribution in [2.75, 3.05) is 24.3 Å². The third-order valence-corrected chi connectivity index (χ3v) is 5.85. The fourth-order valence-corrected chi connectivity index (χ4v) is 4.04. The van der Waals surface area contributed by atoms with Gasteiger partial charge in [0.25, 0.3) is 5.22 Å². The van der Waals surface area contributed by atoms with Crippen LogP contribution in [0.3, 0.4) is 0 Å². The maximum Gasteiger partial charge on any atom is 0.277 e.